The normalized spacial score (nSPS) is 12.8. The van der Waals surface area contributed by atoms with Crippen LogP contribution >= 0.6 is 0 Å². The Hall–Kier alpha value is -1.39. The number of aldehydes is 1. The first-order chi connectivity index (χ1) is 7.22. The number of ether oxygens (including phenoxy) is 1. The number of nitrogens with zero attached hydrogens (tertiary/aromatic N) is 1. The lowest BCUT2D eigenvalue weighted by Crippen LogP contribution is -2.46. The highest BCUT2D eigenvalue weighted by Gasteiger charge is 2.30. The number of imide groups is 1. The Morgan fingerprint density at radius 3 is 2.12 bits per heavy atom. The molecule has 0 radical (unpaired) electrons. The van der Waals surface area contributed by atoms with Gasteiger partial charge in [-0.2, -0.15) is 0 Å². The molecular formula is C11H19NO4. The molecule has 0 aromatic heterocycles. The molecule has 0 saturated heterocycles. The summed E-state index contributed by atoms with van der Waals surface area (Å²) >= 11 is 0. The summed E-state index contributed by atoms with van der Waals surface area (Å²) in [6.07, 6.45) is 0.173. The maximum absolute atomic E-state index is 11.7. The van der Waals surface area contributed by atoms with Crippen LogP contribution in [0.2, 0.25) is 0 Å². The van der Waals surface area contributed by atoms with Crippen molar-refractivity contribution < 1.29 is 19.1 Å². The summed E-state index contributed by atoms with van der Waals surface area (Å²) in [6, 6.07) is -0.757. The van der Waals surface area contributed by atoms with E-state index in [9.17, 15) is 14.4 Å². The van der Waals surface area contributed by atoms with Crippen LogP contribution in [0.4, 0.5) is 4.79 Å². The molecule has 0 aromatic carbocycles. The van der Waals surface area contributed by atoms with E-state index < -0.39 is 23.6 Å². The largest absolute Gasteiger partial charge is 0.443 e. The first kappa shape index (κ1) is 14.6. The second-order valence-corrected chi connectivity index (χ2v) is 4.48. The van der Waals surface area contributed by atoms with Gasteiger partial charge in [-0.05, 0) is 27.2 Å². The molecule has 2 amide bonds. The summed E-state index contributed by atoms with van der Waals surface area (Å²) in [7, 11) is 0. The molecule has 1 unspecified atom stereocenters. The first-order valence-electron chi connectivity index (χ1n) is 5.21. The molecule has 0 heterocycles. The Morgan fingerprint density at radius 1 is 1.38 bits per heavy atom. The molecule has 0 saturated carbocycles. The lowest BCUT2D eigenvalue weighted by atomic mass is 10.2. The van der Waals surface area contributed by atoms with Gasteiger partial charge in [0.2, 0.25) is 5.91 Å². The quantitative estimate of drug-likeness (QED) is 0.691. The molecule has 0 rings (SSSR count). The van der Waals surface area contributed by atoms with Gasteiger partial charge in [-0.15, -0.1) is 0 Å². The summed E-state index contributed by atoms with van der Waals surface area (Å²) in [5.74, 6) is -0.492. The lowest BCUT2D eigenvalue weighted by molar-refractivity contribution is -0.133. The molecular weight excluding hydrogens is 210 g/mol. The van der Waals surface area contributed by atoms with Gasteiger partial charge in [-0.1, -0.05) is 6.92 Å². The smallest absolute Gasteiger partial charge is 0.417 e. The van der Waals surface area contributed by atoms with Crippen molar-refractivity contribution in [1.29, 1.82) is 0 Å². The van der Waals surface area contributed by atoms with Crippen LogP contribution in [0.5, 0.6) is 0 Å². The molecule has 16 heavy (non-hydrogen) atoms. The zero-order valence-corrected chi connectivity index (χ0v) is 10.4. The van der Waals surface area contributed by atoms with E-state index in [2.05, 4.69) is 0 Å². The summed E-state index contributed by atoms with van der Waals surface area (Å²) in [4.78, 5) is 34.6. The second-order valence-electron chi connectivity index (χ2n) is 4.48. The fourth-order valence-electron chi connectivity index (χ4n) is 1.15. The molecule has 0 aliphatic rings. The Kier molecular flexibility index (Phi) is 5.14. The Bertz CT molecular complexity index is 280. The zero-order valence-electron chi connectivity index (χ0n) is 10.4. The van der Waals surface area contributed by atoms with Crippen LogP contribution in [0.3, 0.4) is 0 Å². The zero-order chi connectivity index (χ0) is 12.9. The van der Waals surface area contributed by atoms with Crippen LogP contribution in [0, 0.1) is 0 Å². The molecule has 5 heteroatoms. The Labute approximate surface area is 95.7 Å². The van der Waals surface area contributed by atoms with Gasteiger partial charge in [-0.25, -0.2) is 9.69 Å². The average molecular weight is 229 g/mol. The van der Waals surface area contributed by atoms with Crippen molar-refractivity contribution in [2.75, 3.05) is 0 Å². The fraction of sp³-hybridized carbons (Fsp3) is 0.727. The van der Waals surface area contributed by atoms with Crippen molar-refractivity contribution >= 4 is 18.3 Å². The van der Waals surface area contributed by atoms with Gasteiger partial charge in [0.15, 0.2) is 0 Å². The second kappa shape index (κ2) is 5.63. The molecule has 0 aromatic rings. The standard InChI is InChI=1S/C11H19NO4/c1-6-9(7-13)12(8(2)14)10(15)16-11(3,4)5/h7,9H,6H2,1-5H3. The van der Waals surface area contributed by atoms with Crippen molar-refractivity contribution in [2.24, 2.45) is 0 Å². The molecule has 92 valence electrons. The fourth-order valence-corrected chi connectivity index (χ4v) is 1.15. The minimum atomic E-state index is -0.779. The van der Waals surface area contributed by atoms with E-state index in [4.69, 9.17) is 4.74 Å². The highest BCUT2D eigenvalue weighted by Crippen LogP contribution is 2.12. The maximum atomic E-state index is 11.7. The predicted octanol–water partition coefficient (Wildman–Crippen LogP) is 1.75. The van der Waals surface area contributed by atoms with E-state index in [1.807, 2.05) is 0 Å². The summed E-state index contributed by atoms with van der Waals surface area (Å²) < 4.78 is 5.05. The molecule has 5 nitrogen and oxygen atoms in total. The van der Waals surface area contributed by atoms with Gasteiger partial charge in [-0.3, -0.25) is 4.79 Å². The van der Waals surface area contributed by atoms with E-state index >= 15 is 0 Å². The van der Waals surface area contributed by atoms with Crippen molar-refractivity contribution in [3.05, 3.63) is 0 Å². The molecule has 0 N–H and O–H groups in total. The van der Waals surface area contributed by atoms with Gasteiger partial charge in [0.25, 0.3) is 0 Å². The third kappa shape index (κ3) is 4.42. The summed E-state index contributed by atoms with van der Waals surface area (Å²) in [5.41, 5.74) is -0.689. The van der Waals surface area contributed by atoms with E-state index in [0.29, 0.717) is 12.7 Å². The number of amides is 2. The topological polar surface area (TPSA) is 63.7 Å². The van der Waals surface area contributed by atoms with Crippen LogP contribution in [-0.2, 0) is 14.3 Å². The highest BCUT2D eigenvalue weighted by atomic mass is 16.6. The third-order valence-electron chi connectivity index (χ3n) is 1.84. The van der Waals surface area contributed by atoms with Crippen LogP contribution in [0.15, 0.2) is 0 Å². The Morgan fingerprint density at radius 2 is 1.88 bits per heavy atom. The molecule has 0 bridgehead atoms. The predicted molar refractivity (Wildman–Crippen MR) is 58.9 cm³/mol. The van der Waals surface area contributed by atoms with Gasteiger partial charge in [0.05, 0.1) is 6.04 Å². The SMILES string of the molecule is CCC(C=O)N(C(C)=O)C(=O)OC(C)(C)C. The Balaban J connectivity index is 4.86. The van der Waals surface area contributed by atoms with E-state index in [0.717, 1.165) is 4.90 Å². The van der Waals surface area contributed by atoms with Gasteiger partial charge in [0, 0.05) is 6.92 Å². The van der Waals surface area contributed by atoms with E-state index in [-0.39, 0.29) is 0 Å². The summed E-state index contributed by atoms with van der Waals surface area (Å²) in [6.45, 7) is 8.05. The molecule has 1 atom stereocenters. The average Bonchev–Trinajstić information content (AvgIpc) is 2.09. The monoisotopic (exact) mass is 229 g/mol. The molecule has 0 aliphatic heterocycles. The van der Waals surface area contributed by atoms with Crippen LogP contribution < -0.4 is 0 Å². The van der Waals surface area contributed by atoms with Crippen molar-refractivity contribution in [2.45, 2.75) is 52.7 Å². The molecule has 0 fully saturated rings. The minimum Gasteiger partial charge on any atom is -0.443 e. The van der Waals surface area contributed by atoms with Gasteiger partial charge in [0.1, 0.15) is 11.9 Å². The number of rotatable bonds is 3. The number of hydrogen-bond donors (Lipinski definition) is 0. The third-order valence-corrected chi connectivity index (χ3v) is 1.84. The number of carbonyl (C=O) groups is 3. The maximum Gasteiger partial charge on any atom is 0.417 e. The van der Waals surface area contributed by atoms with Crippen LogP contribution in [0.25, 0.3) is 0 Å². The van der Waals surface area contributed by atoms with Crippen molar-refractivity contribution in [1.82, 2.24) is 4.90 Å². The molecule has 0 spiro atoms. The van der Waals surface area contributed by atoms with Gasteiger partial charge < -0.3 is 9.53 Å². The molecule has 0 aliphatic carbocycles. The summed E-state index contributed by atoms with van der Waals surface area (Å²) in [5, 5.41) is 0. The van der Waals surface area contributed by atoms with E-state index in [1.165, 1.54) is 6.92 Å². The lowest BCUT2D eigenvalue weighted by Gasteiger charge is -2.28. The van der Waals surface area contributed by atoms with Crippen LogP contribution in [0.1, 0.15) is 41.0 Å². The van der Waals surface area contributed by atoms with E-state index in [1.54, 1.807) is 27.7 Å². The van der Waals surface area contributed by atoms with Crippen LogP contribution in [-0.4, -0.2) is 34.8 Å². The first-order valence-corrected chi connectivity index (χ1v) is 5.21. The number of carbonyl (C=O) groups excluding carboxylic acids is 3. The highest BCUT2D eigenvalue weighted by molar-refractivity contribution is 5.93. The van der Waals surface area contributed by atoms with Crippen molar-refractivity contribution in [3.63, 3.8) is 0 Å². The number of hydrogen-bond acceptors (Lipinski definition) is 4. The minimum absolute atomic E-state index is 0.377. The van der Waals surface area contributed by atoms with Crippen molar-refractivity contribution in [3.8, 4) is 0 Å². The van der Waals surface area contributed by atoms with Gasteiger partial charge >= 0.3 is 6.09 Å².